The maximum atomic E-state index is 12.9. The Labute approximate surface area is 154 Å². The van der Waals surface area contributed by atoms with Gasteiger partial charge in [0.05, 0.1) is 18.8 Å². The molecule has 0 saturated carbocycles. The second kappa shape index (κ2) is 7.76. The van der Waals surface area contributed by atoms with Crippen LogP contribution >= 0.6 is 0 Å². The molecule has 7 nitrogen and oxygen atoms in total. The van der Waals surface area contributed by atoms with E-state index in [0.29, 0.717) is 38.3 Å². The zero-order valence-corrected chi connectivity index (χ0v) is 16.1. The molecule has 0 bridgehead atoms. The highest BCUT2D eigenvalue weighted by molar-refractivity contribution is 5.94. The Kier molecular flexibility index (Phi) is 5.90. The minimum Gasteiger partial charge on any atom is -0.444 e. The van der Waals surface area contributed by atoms with Crippen molar-refractivity contribution in [2.24, 2.45) is 0 Å². The summed E-state index contributed by atoms with van der Waals surface area (Å²) in [6.45, 7) is 14.6. The zero-order chi connectivity index (χ0) is 19.5. The monoisotopic (exact) mass is 360 g/mol. The van der Waals surface area contributed by atoms with E-state index in [0.717, 1.165) is 11.3 Å². The van der Waals surface area contributed by atoms with Crippen molar-refractivity contribution in [3.63, 3.8) is 0 Å². The lowest BCUT2D eigenvalue weighted by atomic mass is 10.0. The van der Waals surface area contributed by atoms with Gasteiger partial charge in [-0.25, -0.2) is 4.79 Å². The summed E-state index contributed by atoms with van der Waals surface area (Å²) >= 11 is 0. The lowest BCUT2D eigenvalue weighted by Gasteiger charge is -2.30. The van der Waals surface area contributed by atoms with Crippen LogP contribution in [-0.4, -0.2) is 57.3 Å². The molecular weight excluding hydrogens is 332 g/mol. The fourth-order valence-electron chi connectivity index (χ4n) is 2.86. The number of carbonyl (C=O) groups excluding carboxylic acids is 2. The van der Waals surface area contributed by atoms with E-state index in [2.05, 4.69) is 18.3 Å². The number of carbonyl (C=O) groups is 2. The summed E-state index contributed by atoms with van der Waals surface area (Å²) < 4.78 is 7.13. The number of hydrogen-bond donors (Lipinski definition) is 0. The number of nitrogens with zero attached hydrogens (tertiary/aromatic N) is 4. The molecule has 2 amide bonds. The molecule has 0 N–H and O–H groups in total. The van der Waals surface area contributed by atoms with E-state index in [1.54, 1.807) is 33.7 Å². The molecule has 0 spiro atoms. The van der Waals surface area contributed by atoms with Gasteiger partial charge in [-0.15, -0.1) is 13.2 Å². The number of likely N-dealkylation sites (N-methyl/N-ethyl adjacent to an activating group) is 1. The third-order valence-electron chi connectivity index (χ3n) is 4.01. The molecule has 0 fully saturated rings. The second-order valence-corrected chi connectivity index (χ2v) is 7.37. The third-order valence-corrected chi connectivity index (χ3v) is 4.01. The van der Waals surface area contributed by atoms with E-state index in [1.165, 1.54) is 0 Å². The highest BCUT2D eigenvalue weighted by Crippen LogP contribution is 2.25. The summed E-state index contributed by atoms with van der Waals surface area (Å²) in [7, 11) is 1.72. The van der Waals surface area contributed by atoms with Crippen molar-refractivity contribution in [1.29, 1.82) is 0 Å². The van der Waals surface area contributed by atoms with Crippen LogP contribution in [0.1, 0.15) is 42.5 Å². The van der Waals surface area contributed by atoms with Gasteiger partial charge in [0.1, 0.15) is 11.3 Å². The summed E-state index contributed by atoms with van der Waals surface area (Å²) in [6.07, 6.45) is 3.59. The van der Waals surface area contributed by atoms with Crippen LogP contribution < -0.4 is 0 Å². The van der Waals surface area contributed by atoms with Crippen molar-refractivity contribution >= 4 is 12.0 Å². The smallest absolute Gasteiger partial charge is 0.410 e. The van der Waals surface area contributed by atoms with Crippen molar-refractivity contribution in [3.8, 4) is 0 Å². The van der Waals surface area contributed by atoms with Crippen LogP contribution in [0.4, 0.5) is 4.79 Å². The lowest BCUT2D eigenvalue weighted by Crippen LogP contribution is -2.40. The number of ether oxygens (including phenoxy) is 1. The van der Waals surface area contributed by atoms with Gasteiger partial charge in [-0.3, -0.25) is 9.48 Å². The Morgan fingerprint density at radius 1 is 1.31 bits per heavy atom. The van der Waals surface area contributed by atoms with Crippen molar-refractivity contribution in [2.45, 2.75) is 45.9 Å². The predicted molar refractivity (Wildman–Crippen MR) is 99.9 cm³/mol. The summed E-state index contributed by atoms with van der Waals surface area (Å²) in [6, 6.07) is 0. The molecule has 0 aromatic carbocycles. The number of fused-ring (bicyclic) bond motifs is 1. The molecule has 2 rings (SSSR count). The average Bonchev–Trinajstić information content (AvgIpc) is 2.90. The van der Waals surface area contributed by atoms with Crippen LogP contribution in [0.15, 0.2) is 25.3 Å². The Balaban J connectivity index is 2.34. The Hall–Kier alpha value is -2.57. The number of rotatable bonds is 5. The Morgan fingerprint density at radius 3 is 2.58 bits per heavy atom. The van der Waals surface area contributed by atoms with Gasteiger partial charge in [-0.05, 0) is 20.8 Å². The predicted octanol–water partition coefficient (Wildman–Crippen LogP) is 2.62. The summed E-state index contributed by atoms with van der Waals surface area (Å²) in [5.74, 6) is -0.147. The number of aromatic nitrogens is 2. The topological polar surface area (TPSA) is 67.7 Å². The molecule has 1 aromatic heterocycles. The average molecular weight is 360 g/mol. The number of hydrogen-bond acceptors (Lipinski definition) is 4. The van der Waals surface area contributed by atoms with Gasteiger partial charge in [0, 0.05) is 32.1 Å². The molecule has 0 radical (unpaired) electrons. The van der Waals surface area contributed by atoms with Gasteiger partial charge in [0.25, 0.3) is 5.91 Å². The van der Waals surface area contributed by atoms with Gasteiger partial charge >= 0.3 is 6.09 Å². The normalized spacial score (nSPS) is 13.8. The van der Waals surface area contributed by atoms with Crippen LogP contribution in [0.5, 0.6) is 0 Å². The molecule has 142 valence electrons. The van der Waals surface area contributed by atoms with E-state index in [-0.39, 0.29) is 12.0 Å². The van der Waals surface area contributed by atoms with Crippen molar-refractivity contribution in [2.75, 3.05) is 20.1 Å². The molecule has 0 aliphatic carbocycles. The number of amides is 2. The molecule has 7 heteroatoms. The van der Waals surface area contributed by atoms with Crippen molar-refractivity contribution < 1.29 is 14.3 Å². The highest BCUT2D eigenvalue weighted by atomic mass is 16.6. The Bertz CT molecular complexity index is 715. The molecule has 26 heavy (non-hydrogen) atoms. The van der Waals surface area contributed by atoms with Crippen LogP contribution in [0.2, 0.25) is 0 Å². The minimum atomic E-state index is -0.562. The van der Waals surface area contributed by atoms with Crippen molar-refractivity contribution in [1.82, 2.24) is 19.6 Å². The van der Waals surface area contributed by atoms with Crippen LogP contribution in [0.25, 0.3) is 0 Å². The second-order valence-electron chi connectivity index (χ2n) is 7.37. The summed E-state index contributed by atoms with van der Waals surface area (Å²) in [4.78, 5) is 28.5. The summed E-state index contributed by atoms with van der Waals surface area (Å²) in [5.41, 5.74) is 1.57. The first-order valence-corrected chi connectivity index (χ1v) is 8.71. The lowest BCUT2D eigenvalue weighted by molar-refractivity contribution is 0.0222. The minimum absolute atomic E-state index is 0.147. The fraction of sp³-hybridized carbons (Fsp3) is 0.526. The maximum absolute atomic E-state index is 12.9. The van der Waals surface area contributed by atoms with Crippen molar-refractivity contribution in [3.05, 3.63) is 42.3 Å². The largest absolute Gasteiger partial charge is 0.444 e. The van der Waals surface area contributed by atoms with Crippen LogP contribution in [0, 0.1) is 0 Å². The van der Waals surface area contributed by atoms with Crippen LogP contribution in [0.3, 0.4) is 0 Å². The molecular formula is C19H28N4O3. The van der Waals surface area contributed by atoms with Gasteiger partial charge < -0.3 is 14.5 Å². The maximum Gasteiger partial charge on any atom is 0.410 e. The van der Waals surface area contributed by atoms with Crippen LogP contribution in [-0.2, 0) is 24.2 Å². The van der Waals surface area contributed by atoms with Gasteiger partial charge in [-0.2, -0.15) is 5.10 Å². The van der Waals surface area contributed by atoms with E-state index in [4.69, 9.17) is 4.74 Å². The standard InChI is InChI=1S/C19H28N4O3/c1-7-10-21(6)17(24)16-14-13-22(18(25)26-19(3,4)5)12-9-15(14)20-23(16)11-8-2/h7-8H,1-2,9-13H2,3-6H3. The molecule has 0 saturated heterocycles. The van der Waals surface area contributed by atoms with E-state index in [9.17, 15) is 9.59 Å². The molecule has 0 atom stereocenters. The SMILES string of the molecule is C=CCN(C)C(=O)c1c2c(nn1CC=C)CCN(C(=O)OC(C)(C)C)C2. The van der Waals surface area contributed by atoms with E-state index >= 15 is 0 Å². The van der Waals surface area contributed by atoms with E-state index in [1.807, 2.05) is 20.8 Å². The zero-order valence-electron chi connectivity index (χ0n) is 16.1. The third kappa shape index (κ3) is 4.33. The molecule has 0 unspecified atom stereocenters. The Morgan fingerprint density at radius 2 is 2.00 bits per heavy atom. The molecule has 1 aliphatic rings. The fourth-order valence-corrected chi connectivity index (χ4v) is 2.86. The number of allylic oxidation sites excluding steroid dienone is 1. The van der Waals surface area contributed by atoms with Gasteiger partial charge in [-0.1, -0.05) is 12.2 Å². The first kappa shape index (κ1) is 19.8. The first-order valence-electron chi connectivity index (χ1n) is 8.71. The molecule has 1 aromatic rings. The molecule has 2 heterocycles. The molecule has 1 aliphatic heterocycles. The first-order chi connectivity index (χ1) is 12.2. The van der Waals surface area contributed by atoms with Gasteiger partial charge in [0.2, 0.25) is 0 Å². The highest BCUT2D eigenvalue weighted by Gasteiger charge is 2.32. The quantitative estimate of drug-likeness (QED) is 0.757. The van der Waals surface area contributed by atoms with E-state index < -0.39 is 5.60 Å². The van der Waals surface area contributed by atoms with Gasteiger partial charge in [0.15, 0.2) is 0 Å². The summed E-state index contributed by atoms with van der Waals surface area (Å²) in [5, 5.41) is 4.57.